The second kappa shape index (κ2) is 11.8. The van der Waals surface area contributed by atoms with Gasteiger partial charge in [-0.05, 0) is 30.2 Å². The molecule has 2 heterocycles. The summed E-state index contributed by atoms with van der Waals surface area (Å²) in [5.41, 5.74) is 5.27. The predicted octanol–water partition coefficient (Wildman–Crippen LogP) is 3.91. The first-order valence-electron chi connectivity index (χ1n) is 12.8. The Hall–Kier alpha value is -4.39. The van der Waals surface area contributed by atoms with Crippen molar-refractivity contribution in [2.45, 2.75) is 17.9 Å². The van der Waals surface area contributed by atoms with Crippen LogP contribution in [-0.2, 0) is 10.0 Å². The second-order valence-electron chi connectivity index (χ2n) is 9.44. The zero-order valence-electron chi connectivity index (χ0n) is 21.8. The van der Waals surface area contributed by atoms with E-state index in [1.165, 1.54) is 29.6 Å². The lowest BCUT2D eigenvalue weighted by Crippen LogP contribution is -2.48. The minimum absolute atomic E-state index is 0.0186. The zero-order chi connectivity index (χ0) is 28.1. The molecule has 1 aliphatic rings. The number of nitrogens with one attached hydrogen (secondary N) is 2. The molecule has 40 heavy (non-hydrogen) atoms. The van der Waals surface area contributed by atoms with E-state index in [-0.39, 0.29) is 22.6 Å². The summed E-state index contributed by atoms with van der Waals surface area (Å²) in [5, 5.41) is 12.1. The van der Waals surface area contributed by atoms with Gasteiger partial charge >= 0.3 is 5.69 Å². The van der Waals surface area contributed by atoms with Crippen molar-refractivity contribution in [2.75, 3.05) is 36.5 Å². The largest absolute Gasteiger partial charge is 0.354 e. The number of piperazine rings is 1. The van der Waals surface area contributed by atoms with Crippen molar-refractivity contribution in [1.82, 2.24) is 19.7 Å². The Kier molecular flexibility index (Phi) is 8.01. The van der Waals surface area contributed by atoms with E-state index in [0.29, 0.717) is 26.2 Å². The van der Waals surface area contributed by atoms with Crippen molar-refractivity contribution in [1.29, 1.82) is 0 Å². The van der Waals surface area contributed by atoms with Crippen molar-refractivity contribution in [3.63, 3.8) is 0 Å². The minimum Gasteiger partial charge on any atom is -0.348 e. The zero-order valence-corrected chi connectivity index (χ0v) is 22.7. The molecule has 0 amide bonds. The molecule has 206 valence electrons. The Balaban J connectivity index is 1.35. The number of aryl methyl sites for hydroxylation is 1. The van der Waals surface area contributed by atoms with Crippen molar-refractivity contribution >= 4 is 27.3 Å². The van der Waals surface area contributed by atoms with Crippen molar-refractivity contribution in [2.24, 2.45) is 0 Å². The lowest BCUT2D eigenvalue weighted by molar-refractivity contribution is -0.383. The maximum absolute atomic E-state index is 12.7. The monoisotopic (exact) mass is 559 g/mol. The fraction of sp³-hybridized carbons (Fsp3) is 0.214. The first-order chi connectivity index (χ1) is 19.3. The first-order valence-corrected chi connectivity index (χ1v) is 14.2. The van der Waals surface area contributed by atoms with Crippen LogP contribution in [0.4, 0.5) is 17.3 Å². The molecular weight excluding hydrogens is 530 g/mol. The van der Waals surface area contributed by atoms with Crippen LogP contribution in [0.2, 0.25) is 0 Å². The molecule has 0 bridgehead atoms. The summed E-state index contributed by atoms with van der Waals surface area (Å²) >= 11 is 0. The Morgan fingerprint density at radius 1 is 0.850 bits per heavy atom. The summed E-state index contributed by atoms with van der Waals surface area (Å²) in [6.07, 6.45) is 1.19. The molecule has 1 aliphatic heterocycles. The molecule has 2 N–H and O–H groups in total. The van der Waals surface area contributed by atoms with Gasteiger partial charge in [0.2, 0.25) is 11.6 Å². The number of anilines is 2. The van der Waals surface area contributed by atoms with E-state index in [0.717, 1.165) is 5.56 Å². The van der Waals surface area contributed by atoms with Gasteiger partial charge in [0.05, 0.1) is 15.9 Å². The van der Waals surface area contributed by atoms with Crippen molar-refractivity contribution in [3.05, 3.63) is 118 Å². The number of sulfonamides is 1. The topological polar surface area (TPSA) is 134 Å². The molecule has 1 saturated heterocycles. The molecular formula is C28H29N7O4S. The van der Waals surface area contributed by atoms with E-state index in [1.54, 1.807) is 12.1 Å². The first kappa shape index (κ1) is 27.2. The van der Waals surface area contributed by atoms with Crippen LogP contribution in [0.1, 0.15) is 22.7 Å². The van der Waals surface area contributed by atoms with Crippen LogP contribution in [-0.4, -0.2) is 54.4 Å². The highest BCUT2D eigenvalue weighted by molar-refractivity contribution is 7.89. The number of hydrogen-bond donors (Lipinski definition) is 2. The van der Waals surface area contributed by atoms with Gasteiger partial charge in [0, 0.05) is 26.2 Å². The van der Waals surface area contributed by atoms with Gasteiger partial charge in [0.15, 0.2) is 0 Å². The molecule has 5 rings (SSSR count). The molecule has 0 atom stereocenters. The maximum atomic E-state index is 12.7. The predicted molar refractivity (Wildman–Crippen MR) is 152 cm³/mol. The highest BCUT2D eigenvalue weighted by Crippen LogP contribution is 2.34. The van der Waals surface area contributed by atoms with Gasteiger partial charge in [0.1, 0.15) is 6.33 Å². The van der Waals surface area contributed by atoms with Gasteiger partial charge in [-0.2, -0.15) is 0 Å². The van der Waals surface area contributed by atoms with Crippen LogP contribution in [0.15, 0.2) is 96.2 Å². The third-order valence-corrected chi connectivity index (χ3v) is 8.09. The van der Waals surface area contributed by atoms with Crippen molar-refractivity contribution < 1.29 is 13.3 Å². The number of aromatic nitrogens is 2. The fourth-order valence-electron chi connectivity index (χ4n) is 4.83. The fourth-order valence-corrected chi connectivity index (χ4v) is 5.67. The second-order valence-corrected chi connectivity index (χ2v) is 11.1. The molecule has 12 heteroatoms. The SMILES string of the molecule is Cc1ccc(S(=O)(=O)NNc2ncnc(N3CCN(C(c4ccccc4)c4ccccc4)CC3)c2[N+](=O)[O-])cc1. The van der Waals surface area contributed by atoms with Crippen molar-refractivity contribution in [3.8, 4) is 0 Å². The van der Waals surface area contributed by atoms with Gasteiger partial charge < -0.3 is 4.90 Å². The van der Waals surface area contributed by atoms with Crippen LogP contribution < -0.4 is 15.2 Å². The third kappa shape index (κ3) is 5.93. The summed E-state index contributed by atoms with van der Waals surface area (Å²) < 4.78 is 25.4. The van der Waals surface area contributed by atoms with Gasteiger partial charge in [-0.25, -0.2) is 18.4 Å². The Labute approximate surface area is 232 Å². The van der Waals surface area contributed by atoms with Gasteiger partial charge in [0.25, 0.3) is 10.0 Å². The lowest BCUT2D eigenvalue weighted by atomic mass is 9.96. The number of nitro groups is 1. The van der Waals surface area contributed by atoms with E-state index < -0.39 is 20.6 Å². The van der Waals surface area contributed by atoms with E-state index in [2.05, 4.69) is 49.4 Å². The molecule has 0 spiro atoms. The van der Waals surface area contributed by atoms with Crippen LogP contribution in [0.25, 0.3) is 0 Å². The Morgan fingerprint density at radius 3 is 1.98 bits per heavy atom. The Bertz CT molecular complexity index is 1520. The highest BCUT2D eigenvalue weighted by Gasteiger charge is 2.32. The van der Waals surface area contributed by atoms with E-state index >= 15 is 0 Å². The number of nitrogens with zero attached hydrogens (tertiary/aromatic N) is 5. The molecule has 11 nitrogen and oxygen atoms in total. The van der Waals surface area contributed by atoms with E-state index in [4.69, 9.17) is 0 Å². The van der Waals surface area contributed by atoms with Crippen LogP contribution in [0, 0.1) is 17.0 Å². The molecule has 0 unspecified atom stereocenters. The third-order valence-electron chi connectivity index (χ3n) is 6.83. The van der Waals surface area contributed by atoms with E-state index in [9.17, 15) is 18.5 Å². The van der Waals surface area contributed by atoms with Crippen LogP contribution in [0.3, 0.4) is 0 Å². The quantitative estimate of drug-likeness (QED) is 0.231. The maximum Gasteiger partial charge on any atom is 0.354 e. The van der Waals surface area contributed by atoms with E-state index in [1.807, 2.05) is 48.2 Å². The summed E-state index contributed by atoms with van der Waals surface area (Å²) in [7, 11) is -3.99. The minimum atomic E-state index is -3.99. The standard InChI is InChI=1S/C28H29N7O4S/c1-21-12-14-24(15-13-21)40(38,39)32-31-27-26(35(36)37)28(30-20-29-27)34-18-16-33(17-19-34)25(22-8-4-2-5-9-22)23-10-6-3-7-11-23/h2-15,20,25,32H,16-19H2,1H3,(H,29,30,31). The smallest absolute Gasteiger partial charge is 0.348 e. The highest BCUT2D eigenvalue weighted by atomic mass is 32.2. The lowest BCUT2D eigenvalue weighted by Gasteiger charge is -2.40. The molecule has 1 fully saturated rings. The van der Waals surface area contributed by atoms with Crippen LogP contribution >= 0.6 is 0 Å². The van der Waals surface area contributed by atoms with Gasteiger partial charge in [-0.1, -0.05) is 78.4 Å². The summed E-state index contributed by atoms with van der Waals surface area (Å²) in [6.45, 7) is 4.10. The van der Waals surface area contributed by atoms with Crippen LogP contribution in [0.5, 0.6) is 0 Å². The average Bonchev–Trinajstić information content (AvgIpc) is 2.98. The molecule has 3 aromatic carbocycles. The summed E-state index contributed by atoms with van der Waals surface area (Å²) in [5.74, 6) is -0.104. The number of hydrazine groups is 1. The number of hydrogen-bond acceptors (Lipinski definition) is 9. The number of benzene rings is 3. The molecule has 0 radical (unpaired) electrons. The molecule has 1 aromatic heterocycles. The summed E-state index contributed by atoms with van der Waals surface area (Å²) in [6, 6.07) is 26.8. The molecule has 0 saturated carbocycles. The van der Waals surface area contributed by atoms with Gasteiger partial charge in [-0.15, -0.1) is 4.83 Å². The Morgan fingerprint density at radius 2 is 1.43 bits per heavy atom. The summed E-state index contributed by atoms with van der Waals surface area (Å²) in [4.78, 5) is 26.1. The normalized spacial score (nSPS) is 14.3. The molecule has 4 aromatic rings. The molecule has 0 aliphatic carbocycles. The average molecular weight is 560 g/mol. The number of rotatable bonds is 9. The van der Waals surface area contributed by atoms with Gasteiger partial charge in [-0.3, -0.25) is 20.4 Å².